The Kier molecular flexibility index (Phi) is 5.02. The molecular weight excluding hydrogens is 262 g/mol. The van der Waals surface area contributed by atoms with Crippen LogP contribution < -0.4 is 10.1 Å². The molecule has 1 aromatic heterocycles. The molecule has 0 amide bonds. The number of benzene rings is 1. The Labute approximate surface area is 127 Å². The predicted octanol–water partition coefficient (Wildman–Crippen LogP) is 3.23. The topological polar surface area (TPSA) is 39.1 Å². The summed E-state index contributed by atoms with van der Waals surface area (Å²) in [5.74, 6) is 0.834. The minimum absolute atomic E-state index is 0.0895. The molecule has 1 N–H and O–H groups in total. The number of rotatable bonds is 6. The lowest BCUT2D eigenvalue weighted by atomic mass is 9.98. The summed E-state index contributed by atoms with van der Waals surface area (Å²) in [5.41, 5.74) is 4.94. The van der Waals surface area contributed by atoms with Crippen LogP contribution in [0.4, 0.5) is 0 Å². The van der Waals surface area contributed by atoms with Gasteiger partial charge in [0.2, 0.25) is 0 Å². The summed E-state index contributed by atoms with van der Waals surface area (Å²) in [6.07, 6.45) is 1.80. The number of nitrogens with zero attached hydrogens (tertiary/aromatic N) is 2. The number of aromatic nitrogens is 2. The molecular formula is C17H25N3O. The van der Waals surface area contributed by atoms with E-state index in [1.807, 2.05) is 4.68 Å². The summed E-state index contributed by atoms with van der Waals surface area (Å²) in [6.45, 7) is 10.2. The number of hydrogen-bond acceptors (Lipinski definition) is 3. The van der Waals surface area contributed by atoms with Crippen molar-refractivity contribution in [1.82, 2.24) is 15.1 Å². The summed E-state index contributed by atoms with van der Waals surface area (Å²) in [4.78, 5) is 0. The van der Waals surface area contributed by atoms with Crippen molar-refractivity contribution in [2.24, 2.45) is 0 Å². The third-order valence-corrected chi connectivity index (χ3v) is 3.91. The highest BCUT2D eigenvalue weighted by molar-refractivity contribution is 5.39. The lowest BCUT2D eigenvalue weighted by Gasteiger charge is -2.21. The normalized spacial score (nSPS) is 12.4. The quantitative estimate of drug-likeness (QED) is 0.886. The van der Waals surface area contributed by atoms with Crippen molar-refractivity contribution in [1.29, 1.82) is 0 Å². The van der Waals surface area contributed by atoms with Crippen LogP contribution in [0.3, 0.4) is 0 Å². The molecule has 114 valence electrons. The van der Waals surface area contributed by atoms with Crippen LogP contribution in [0.15, 0.2) is 24.4 Å². The fourth-order valence-corrected chi connectivity index (χ4v) is 2.60. The van der Waals surface area contributed by atoms with E-state index in [0.717, 1.165) is 24.5 Å². The molecule has 0 aliphatic heterocycles. The second-order valence-corrected chi connectivity index (χ2v) is 5.25. The molecule has 1 heterocycles. The zero-order valence-corrected chi connectivity index (χ0v) is 13.6. The maximum Gasteiger partial charge on any atom is 0.161 e. The first-order chi connectivity index (χ1) is 10.1. The lowest BCUT2D eigenvalue weighted by Crippen LogP contribution is -2.25. The Morgan fingerprint density at radius 2 is 2.00 bits per heavy atom. The van der Waals surface area contributed by atoms with Gasteiger partial charge in [-0.25, -0.2) is 0 Å². The van der Waals surface area contributed by atoms with E-state index in [9.17, 15) is 0 Å². The van der Waals surface area contributed by atoms with E-state index in [1.165, 1.54) is 16.7 Å². The summed E-state index contributed by atoms with van der Waals surface area (Å²) < 4.78 is 7.51. The molecule has 0 spiro atoms. The molecule has 4 nitrogen and oxygen atoms in total. The van der Waals surface area contributed by atoms with Crippen LogP contribution in [0.25, 0.3) is 0 Å². The van der Waals surface area contributed by atoms with Crippen molar-refractivity contribution in [2.75, 3.05) is 13.7 Å². The number of nitrogens with one attached hydrogen (secondary N) is 1. The molecule has 0 aliphatic carbocycles. The van der Waals surface area contributed by atoms with Gasteiger partial charge in [0.1, 0.15) is 5.69 Å². The van der Waals surface area contributed by atoms with Gasteiger partial charge < -0.3 is 10.1 Å². The smallest absolute Gasteiger partial charge is 0.161 e. The van der Waals surface area contributed by atoms with E-state index in [-0.39, 0.29) is 6.04 Å². The second-order valence-electron chi connectivity index (χ2n) is 5.25. The number of aryl methyl sites for hydroxylation is 3. The number of methoxy groups -OCH3 is 1. The fraction of sp³-hybridized carbons (Fsp3) is 0.471. The van der Waals surface area contributed by atoms with Crippen LogP contribution in [0.1, 0.15) is 42.3 Å². The molecule has 2 rings (SSSR count). The van der Waals surface area contributed by atoms with E-state index in [0.29, 0.717) is 0 Å². The van der Waals surface area contributed by atoms with Crippen molar-refractivity contribution in [3.05, 3.63) is 46.8 Å². The average molecular weight is 287 g/mol. The van der Waals surface area contributed by atoms with Crippen LogP contribution in [-0.2, 0) is 6.54 Å². The van der Waals surface area contributed by atoms with E-state index in [1.54, 1.807) is 13.3 Å². The van der Waals surface area contributed by atoms with Crippen molar-refractivity contribution >= 4 is 0 Å². The molecule has 0 radical (unpaired) electrons. The van der Waals surface area contributed by atoms with E-state index in [4.69, 9.17) is 4.74 Å². The fourth-order valence-electron chi connectivity index (χ4n) is 2.60. The first kappa shape index (κ1) is 15.6. The molecule has 1 atom stereocenters. The standard InChI is InChI=1S/C17H25N3O/c1-6-18-16(14-9-8-12(3)13(4)10-14)17-15(21-5)11-19-20(17)7-2/h8-11,16,18H,6-7H2,1-5H3. The molecule has 1 aromatic carbocycles. The van der Waals surface area contributed by atoms with Gasteiger partial charge in [-0.05, 0) is 44.0 Å². The minimum Gasteiger partial charge on any atom is -0.493 e. The summed E-state index contributed by atoms with van der Waals surface area (Å²) in [5, 5.41) is 7.98. The lowest BCUT2D eigenvalue weighted by molar-refractivity contribution is 0.399. The van der Waals surface area contributed by atoms with Gasteiger partial charge in [0.25, 0.3) is 0 Å². The van der Waals surface area contributed by atoms with Gasteiger partial charge in [-0.3, -0.25) is 4.68 Å². The highest BCUT2D eigenvalue weighted by Crippen LogP contribution is 2.30. The maximum atomic E-state index is 5.51. The molecule has 0 saturated heterocycles. The summed E-state index contributed by atoms with van der Waals surface area (Å²) in [7, 11) is 1.70. The summed E-state index contributed by atoms with van der Waals surface area (Å²) >= 11 is 0. The van der Waals surface area contributed by atoms with Crippen LogP contribution in [0.5, 0.6) is 5.75 Å². The molecule has 0 aliphatic rings. The van der Waals surface area contributed by atoms with Gasteiger partial charge in [-0.1, -0.05) is 25.1 Å². The molecule has 0 saturated carbocycles. The van der Waals surface area contributed by atoms with Crippen molar-refractivity contribution in [3.63, 3.8) is 0 Å². The molecule has 21 heavy (non-hydrogen) atoms. The number of ether oxygens (including phenoxy) is 1. The van der Waals surface area contributed by atoms with Crippen LogP contribution in [-0.4, -0.2) is 23.4 Å². The van der Waals surface area contributed by atoms with E-state index < -0.39 is 0 Å². The van der Waals surface area contributed by atoms with Crippen molar-refractivity contribution in [2.45, 2.75) is 40.3 Å². The number of hydrogen-bond donors (Lipinski definition) is 1. The van der Waals surface area contributed by atoms with Gasteiger partial charge in [0, 0.05) is 6.54 Å². The first-order valence-electron chi connectivity index (χ1n) is 7.52. The zero-order chi connectivity index (χ0) is 15.4. The molecule has 0 bridgehead atoms. The minimum atomic E-state index is 0.0895. The Morgan fingerprint density at radius 3 is 2.57 bits per heavy atom. The predicted molar refractivity (Wildman–Crippen MR) is 85.9 cm³/mol. The van der Waals surface area contributed by atoms with Crippen molar-refractivity contribution < 1.29 is 4.74 Å². The largest absolute Gasteiger partial charge is 0.493 e. The monoisotopic (exact) mass is 287 g/mol. The summed E-state index contributed by atoms with van der Waals surface area (Å²) in [6, 6.07) is 6.69. The van der Waals surface area contributed by atoms with E-state index in [2.05, 4.69) is 56.3 Å². The SMILES string of the molecule is CCNC(c1ccc(C)c(C)c1)c1c(OC)cnn1CC. The maximum absolute atomic E-state index is 5.51. The third kappa shape index (κ3) is 3.10. The van der Waals surface area contributed by atoms with Crippen molar-refractivity contribution in [3.8, 4) is 5.75 Å². The van der Waals surface area contributed by atoms with Gasteiger partial charge in [0.15, 0.2) is 5.75 Å². The van der Waals surface area contributed by atoms with Gasteiger partial charge >= 0.3 is 0 Å². The Hall–Kier alpha value is -1.81. The van der Waals surface area contributed by atoms with Gasteiger partial charge in [0.05, 0.1) is 19.3 Å². The molecule has 4 heteroatoms. The Balaban J connectivity index is 2.52. The molecule has 0 fully saturated rings. The Morgan fingerprint density at radius 1 is 1.24 bits per heavy atom. The van der Waals surface area contributed by atoms with E-state index >= 15 is 0 Å². The highest BCUT2D eigenvalue weighted by atomic mass is 16.5. The zero-order valence-electron chi connectivity index (χ0n) is 13.6. The third-order valence-electron chi connectivity index (χ3n) is 3.91. The van der Waals surface area contributed by atoms with Crippen LogP contribution in [0.2, 0.25) is 0 Å². The van der Waals surface area contributed by atoms with Gasteiger partial charge in [-0.15, -0.1) is 0 Å². The second kappa shape index (κ2) is 6.76. The van der Waals surface area contributed by atoms with Gasteiger partial charge in [-0.2, -0.15) is 5.10 Å². The Bertz CT molecular complexity index is 583. The highest BCUT2D eigenvalue weighted by Gasteiger charge is 2.22. The van der Waals surface area contributed by atoms with Crippen LogP contribution in [0, 0.1) is 13.8 Å². The first-order valence-corrected chi connectivity index (χ1v) is 7.52. The molecule has 1 unspecified atom stereocenters. The van der Waals surface area contributed by atoms with Crippen LogP contribution >= 0.6 is 0 Å². The molecule has 2 aromatic rings. The average Bonchev–Trinajstić information content (AvgIpc) is 2.90.